The van der Waals surface area contributed by atoms with Gasteiger partial charge in [-0.15, -0.1) is 11.3 Å². The molecule has 1 N–H and O–H groups in total. The van der Waals surface area contributed by atoms with Crippen molar-refractivity contribution < 1.29 is 9.90 Å². The van der Waals surface area contributed by atoms with Crippen LogP contribution in [0.5, 0.6) is 0 Å². The molecule has 1 aromatic heterocycles. The smallest absolute Gasteiger partial charge is 0.227 e. The van der Waals surface area contributed by atoms with Gasteiger partial charge in [-0.2, -0.15) is 0 Å². The minimum atomic E-state index is -0.0850. The van der Waals surface area contributed by atoms with Crippen LogP contribution in [-0.4, -0.2) is 28.6 Å². The highest BCUT2D eigenvalue weighted by Crippen LogP contribution is 2.29. The number of hydrogen-bond acceptors (Lipinski definition) is 4. The lowest BCUT2D eigenvalue weighted by atomic mass is 10.2. The molecule has 0 aliphatic carbocycles. The van der Waals surface area contributed by atoms with Crippen molar-refractivity contribution in [1.82, 2.24) is 4.98 Å². The molecule has 3 rings (SSSR count). The fourth-order valence-corrected chi connectivity index (χ4v) is 3.05. The van der Waals surface area contributed by atoms with E-state index in [9.17, 15) is 9.90 Å². The highest BCUT2D eigenvalue weighted by Gasteiger charge is 2.31. The Morgan fingerprint density at radius 2 is 2.16 bits per heavy atom. The zero-order valence-corrected chi connectivity index (χ0v) is 11.1. The van der Waals surface area contributed by atoms with E-state index in [-0.39, 0.29) is 18.6 Å². The Bertz CT molecular complexity index is 566. The summed E-state index contributed by atoms with van der Waals surface area (Å²) in [5, 5.41) is 12.2. The number of rotatable bonds is 3. The van der Waals surface area contributed by atoms with E-state index in [0.29, 0.717) is 6.42 Å². The van der Waals surface area contributed by atoms with Gasteiger partial charge in [0.2, 0.25) is 5.91 Å². The minimum Gasteiger partial charge on any atom is -0.394 e. The van der Waals surface area contributed by atoms with Gasteiger partial charge in [0.05, 0.1) is 12.6 Å². The number of aromatic nitrogens is 1. The van der Waals surface area contributed by atoms with Crippen molar-refractivity contribution in [2.75, 3.05) is 11.5 Å². The molecule has 4 nitrogen and oxygen atoms in total. The lowest BCUT2D eigenvalue weighted by Gasteiger charge is -2.23. The fourth-order valence-electron chi connectivity index (χ4n) is 2.40. The first kappa shape index (κ1) is 12.3. The van der Waals surface area contributed by atoms with E-state index in [2.05, 4.69) is 4.98 Å². The summed E-state index contributed by atoms with van der Waals surface area (Å²) >= 11 is 1.59. The quantitative estimate of drug-likeness (QED) is 0.934. The first-order valence-corrected chi connectivity index (χ1v) is 7.10. The number of thiazole rings is 1. The van der Waals surface area contributed by atoms with Gasteiger partial charge in [0.15, 0.2) is 0 Å². The van der Waals surface area contributed by atoms with Crippen LogP contribution in [0.15, 0.2) is 35.8 Å². The van der Waals surface area contributed by atoms with Crippen LogP contribution in [-0.2, 0) is 4.79 Å². The lowest BCUT2D eigenvalue weighted by Crippen LogP contribution is -2.35. The third-order valence-corrected chi connectivity index (χ3v) is 4.18. The largest absolute Gasteiger partial charge is 0.394 e. The predicted octanol–water partition coefficient (Wildman–Crippen LogP) is 2.30. The molecule has 1 aliphatic heterocycles. The number of carbonyl (C=O) groups excluding carboxylic acids is 1. The molecule has 0 bridgehead atoms. The Morgan fingerprint density at radius 3 is 2.79 bits per heavy atom. The van der Waals surface area contributed by atoms with E-state index >= 15 is 0 Å². The zero-order chi connectivity index (χ0) is 13.2. The zero-order valence-electron chi connectivity index (χ0n) is 10.3. The predicted molar refractivity (Wildman–Crippen MR) is 75.1 cm³/mol. The number of aliphatic hydroxyl groups is 1. The molecule has 98 valence electrons. The van der Waals surface area contributed by atoms with E-state index < -0.39 is 0 Å². The topological polar surface area (TPSA) is 53.4 Å². The van der Waals surface area contributed by atoms with Crippen LogP contribution in [0.4, 0.5) is 5.69 Å². The van der Waals surface area contributed by atoms with E-state index in [1.165, 1.54) is 0 Å². The normalized spacial score (nSPS) is 19.1. The summed E-state index contributed by atoms with van der Waals surface area (Å²) < 4.78 is 0. The third-order valence-electron chi connectivity index (χ3n) is 3.36. The molecule has 1 aromatic carbocycles. The summed E-state index contributed by atoms with van der Waals surface area (Å²) in [4.78, 5) is 17.8. The highest BCUT2D eigenvalue weighted by molar-refractivity contribution is 7.13. The molecule has 0 radical (unpaired) electrons. The van der Waals surface area contributed by atoms with Gasteiger partial charge in [0.25, 0.3) is 0 Å². The molecule has 2 heterocycles. The summed E-state index contributed by atoms with van der Waals surface area (Å²) in [6, 6.07) is 7.69. The monoisotopic (exact) mass is 274 g/mol. The van der Waals surface area contributed by atoms with Gasteiger partial charge < -0.3 is 10.0 Å². The molecule has 1 saturated heterocycles. The third kappa shape index (κ3) is 2.27. The minimum absolute atomic E-state index is 0.0139. The Hall–Kier alpha value is -1.72. The molecule has 1 atom stereocenters. The van der Waals surface area contributed by atoms with Crippen molar-refractivity contribution in [3.63, 3.8) is 0 Å². The Balaban J connectivity index is 1.88. The van der Waals surface area contributed by atoms with Gasteiger partial charge in [-0.05, 0) is 30.7 Å². The van der Waals surface area contributed by atoms with Gasteiger partial charge in [0, 0.05) is 29.2 Å². The average molecular weight is 274 g/mol. The average Bonchev–Trinajstić information content (AvgIpc) is 3.08. The molecule has 2 aromatic rings. The molecule has 0 saturated carbocycles. The van der Waals surface area contributed by atoms with Gasteiger partial charge in [0.1, 0.15) is 5.01 Å². The Morgan fingerprint density at radius 1 is 1.37 bits per heavy atom. The maximum atomic E-state index is 11.9. The Labute approximate surface area is 115 Å². The van der Waals surface area contributed by atoms with Crippen LogP contribution in [0, 0.1) is 0 Å². The van der Waals surface area contributed by atoms with E-state index in [1.807, 2.05) is 29.6 Å². The van der Waals surface area contributed by atoms with Crippen LogP contribution in [0.25, 0.3) is 10.6 Å². The number of aliphatic hydroxyl groups excluding tert-OH is 1. The van der Waals surface area contributed by atoms with Crippen molar-refractivity contribution in [3.05, 3.63) is 35.8 Å². The van der Waals surface area contributed by atoms with Gasteiger partial charge in [-0.3, -0.25) is 4.79 Å². The molecule has 5 heteroatoms. The summed E-state index contributed by atoms with van der Waals surface area (Å²) in [5.74, 6) is 0.0843. The van der Waals surface area contributed by atoms with Crippen LogP contribution in [0.1, 0.15) is 12.8 Å². The molecular formula is C14H14N2O2S. The van der Waals surface area contributed by atoms with E-state index in [1.54, 1.807) is 22.4 Å². The van der Waals surface area contributed by atoms with Crippen LogP contribution in [0.2, 0.25) is 0 Å². The number of anilines is 1. The summed E-state index contributed by atoms with van der Waals surface area (Å²) in [7, 11) is 0. The van der Waals surface area contributed by atoms with Gasteiger partial charge in [-0.25, -0.2) is 4.98 Å². The lowest BCUT2D eigenvalue weighted by molar-refractivity contribution is -0.117. The number of amides is 1. The summed E-state index contributed by atoms with van der Waals surface area (Å²) in [6.45, 7) is 0.0139. The maximum absolute atomic E-state index is 11.9. The molecule has 0 unspecified atom stereocenters. The van der Waals surface area contributed by atoms with Crippen molar-refractivity contribution in [1.29, 1.82) is 0 Å². The van der Waals surface area contributed by atoms with Crippen LogP contribution >= 0.6 is 11.3 Å². The second-order valence-corrected chi connectivity index (χ2v) is 5.42. The van der Waals surface area contributed by atoms with E-state index in [0.717, 1.165) is 22.7 Å². The van der Waals surface area contributed by atoms with Crippen molar-refractivity contribution >= 4 is 22.9 Å². The van der Waals surface area contributed by atoms with Crippen molar-refractivity contribution in [3.8, 4) is 10.6 Å². The van der Waals surface area contributed by atoms with Crippen LogP contribution in [0.3, 0.4) is 0 Å². The standard InChI is InChI=1S/C14H14N2O2S/c17-9-12-5-6-13(18)16(12)11-3-1-10(2-4-11)14-15-7-8-19-14/h1-4,7-8,12,17H,5-6,9H2/t12-/m1/s1. The number of hydrogen-bond donors (Lipinski definition) is 1. The number of benzene rings is 1. The molecule has 19 heavy (non-hydrogen) atoms. The summed E-state index contributed by atoms with van der Waals surface area (Å²) in [5.41, 5.74) is 1.90. The first-order chi connectivity index (χ1) is 9.29. The summed E-state index contributed by atoms with van der Waals surface area (Å²) in [6.07, 6.45) is 3.02. The molecule has 0 spiro atoms. The van der Waals surface area contributed by atoms with Crippen molar-refractivity contribution in [2.24, 2.45) is 0 Å². The van der Waals surface area contributed by atoms with Crippen LogP contribution < -0.4 is 4.90 Å². The van der Waals surface area contributed by atoms with Gasteiger partial charge in [-0.1, -0.05) is 0 Å². The number of carbonyl (C=O) groups is 1. The fraction of sp³-hybridized carbons (Fsp3) is 0.286. The first-order valence-electron chi connectivity index (χ1n) is 6.22. The SMILES string of the molecule is O=C1CC[C@H](CO)N1c1ccc(-c2nccs2)cc1. The second-order valence-electron chi connectivity index (χ2n) is 4.52. The maximum Gasteiger partial charge on any atom is 0.227 e. The molecule has 1 amide bonds. The molecule has 1 aliphatic rings. The second kappa shape index (κ2) is 5.11. The Kier molecular flexibility index (Phi) is 3.31. The number of nitrogens with zero attached hydrogens (tertiary/aromatic N) is 2. The highest BCUT2D eigenvalue weighted by atomic mass is 32.1. The van der Waals surface area contributed by atoms with Crippen molar-refractivity contribution in [2.45, 2.75) is 18.9 Å². The van der Waals surface area contributed by atoms with E-state index in [4.69, 9.17) is 0 Å². The van der Waals surface area contributed by atoms with Gasteiger partial charge >= 0.3 is 0 Å². The molecular weight excluding hydrogens is 260 g/mol. The molecule has 1 fully saturated rings.